The molecule has 0 bridgehead atoms. The molecule has 1 aromatic carbocycles. The zero-order chi connectivity index (χ0) is 16.6. The Labute approximate surface area is 142 Å². The number of hydrogen-bond donors (Lipinski definition) is 2. The topological polar surface area (TPSA) is 66.5 Å². The molecule has 0 fully saturated rings. The smallest absolute Gasteiger partial charge is 0.182 e. The first-order valence-electron chi connectivity index (χ1n) is 8.40. The van der Waals surface area contributed by atoms with Gasteiger partial charge in [0.2, 0.25) is 0 Å². The van der Waals surface area contributed by atoms with E-state index in [2.05, 4.69) is 62.7 Å². The Bertz CT molecular complexity index is 724. The standard InChI is InChI=1S/C19H23N5/c1-15(9-10-16-6-3-2-4-7-16)21-13-11-18-22-19(24-23-18)17-8-5-12-20-14-17/h2-8,12,14-15,21H,9-11,13H2,1H3,(H,22,23,24)/t15-/m0/s1. The van der Waals surface area contributed by atoms with Gasteiger partial charge in [-0.1, -0.05) is 30.3 Å². The molecule has 0 unspecified atom stereocenters. The molecule has 0 radical (unpaired) electrons. The van der Waals surface area contributed by atoms with E-state index in [-0.39, 0.29) is 0 Å². The summed E-state index contributed by atoms with van der Waals surface area (Å²) in [4.78, 5) is 8.62. The van der Waals surface area contributed by atoms with Crippen molar-refractivity contribution in [1.29, 1.82) is 0 Å². The zero-order valence-electron chi connectivity index (χ0n) is 13.9. The molecule has 2 heterocycles. The van der Waals surface area contributed by atoms with Gasteiger partial charge in [-0.15, -0.1) is 0 Å². The number of aryl methyl sites for hydroxylation is 1. The fourth-order valence-electron chi connectivity index (χ4n) is 2.60. The molecule has 3 aromatic rings. The molecule has 0 aliphatic carbocycles. The van der Waals surface area contributed by atoms with E-state index in [0.29, 0.717) is 11.9 Å². The van der Waals surface area contributed by atoms with Gasteiger partial charge in [0.25, 0.3) is 0 Å². The van der Waals surface area contributed by atoms with E-state index in [1.54, 1.807) is 12.4 Å². The lowest BCUT2D eigenvalue weighted by Gasteiger charge is -2.13. The maximum Gasteiger partial charge on any atom is 0.182 e. The van der Waals surface area contributed by atoms with Crippen LogP contribution in [0.25, 0.3) is 11.4 Å². The summed E-state index contributed by atoms with van der Waals surface area (Å²) in [5.41, 5.74) is 2.33. The predicted octanol–water partition coefficient (Wildman–Crippen LogP) is 3.02. The highest BCUT2D eigenvalue weighted by Crippen LogP contribution is 2.12. The van der Waals surface area contributed by atoms with Crippen molar-refractivity contribution in [2.45, 2.75) is 32.2 Å². The summed E-state index contributed by atoms with van der Waals surface area (Å²) in [6.45, 7) is 3.11. The molecule has 1 atom stereocenters. The molecule has 2 aromatic heterocycles. The monoisotopic (exact) mass is 321 g/mol. The van der Waals surface area contributed by atoms with Crippen LogP contribution in [-0.2, 0) is 12.8 Å². The first-order chi connectivity index (χ1) is 11.8. The van der Waals surface area contributed by atoms with E-state index in [1.165, 1.54) is 5.56 Å². The van der Waals surface area contributed by atoms with Crippen LogP contribution in [-0.4, -0.2) is 32.8 Å². The molecule has 3 rings (SSSR count). The van der Waals surface area contributed by atoms with Gasteiger partial charge in [0, 0.05) is 37.0 Å². The maximum atomic E-state index is 4.52. The van der Waals surface area contributed by atoms with E-state index in [0.717, 1.165) is 37.2 Å². The molecule has 0 saturated carbocycles. The van der Waals surface area contributed by atoms with Crippen molar-refractivity contribution in [3.63, 3.8) is 0 Å². The average molecular weight is 321 g/mol. The quantitative estimate of drug-likeness (QED) is 0.669. The average Bonchev–Trinajstić information content (AvgIpc) is 3.11. The number of nitrogens with one attached hydrogen (secondary N) is 2. The largest absolute Gasteiger partial charge is 0.314 e. The first kappa shape index (κ1) is 16.3. The Kier molecular flexibility index (Phi) is 5.69. The van der Waals surface area contributed by atoms with Crippen molar-refractivity contribution in [2.24, 2.45) is 0 Å². The SMILES string of the molecule is C[C@@H](CCc1ccccc1)NCCc1nc(-c2cccnc2)n[nH]1. The molecule has 0 aliphatic rings. The molecule has 0 amide bonds. The Hall–Kier alpha value is -2.53. The minimum Gasteiger partial charge on any atom is -0.314 e. The number of H-pyrrole nitrogens is 1. The van der Waals surface area contributed by atoms with Crippen molar-refractivity contribution >= 4 is 0 Å². The van der Waals surface area contributed by atoms with Gasteiger partial charge in [-0.25, -0.2) is 4.98 Å². The van der Waals surface area contributed by atoms with Crippen molar-refractivity contribution in [3.8, 4) is 11.4 Å². The minimum atomic E-state index is 0.478. The fraction of sp³-hybridized carbons (Fsp3) is 0.316. The highest BCUT2D eigenvalue weighted by Gasteiger charge is 2.07. The van der Waals surface area contributed by atoms with Gasteiger partial charge in [-0.2, -0.15) is 5.10 Å². The van der Waals surface area contributed by atoms with Crippen LogP contribution < -0.4 is 5.32 Å². The van der Waals surface area contributed by atoms with Crippen molar-refractivity contribution < 1.29 is 0 Å². The molecule has 5 heteroatoms. The summed E-state index contributed by atoms with van der Waals surface area (Å²) in [5, 5.41) is 10.8. The third-order valence-electron chi connectivity index (χ3n) is 4.01. The predicted molar refractivity (Wildman–Crippen MR) is 95.5 cm³/mol. The van der Waals surface area contributed by atoms with Gasteiger partial charge in [0.05, 0.1) is 0 Å². The summed E-state index contributed by atoms with van der Waals surface area (Å²) in [5.74, 6) is 1.60. The Morgan fingerprint density at radius 1 is 1.08 bits per heavy atom. The fourth-order valence-corrected chi connectivity index (χ4v) is 2.60. The van der Waals surface area contributed by atoms with Gasteiger partial charge in [-0.3, -0.25) is 10.1 Å². The minimum absolute atomic E-state index is 0.478. The number of aromatic nitrogens is 4. The van der Waals surface area contributed by atoms with E-state index < -0.39 is 0 Å². The van der Waals surface area contributed by atoms with E-state index >= 15 is 0 Å². The molecular formula is C19H23N5. The van der Waals surface area contributed by atoms with Gasteiger partial charge in [-0.05, 0) is 37.5 Å². The molecular weight excluding hydrogens is 298 g/mol. The Morgan fingerprint density at radius 2 is 1.96 bits per heavy atom. The van der Waals surface area contributed by atoms with Crippen LogP contribution in [0.3, 0.4) is 0 Å². The molecule has 0 saturated heterocycles. The van der Waals surface area contributed by atoms with E-state index in [9.17, 15) is 0 Å². The third-order valence-corrected chi connectivity index (χ3v) is 4.01. The summed E-state index contributed by atoms with van der Waals surface area (Å²) in [6.07, 6.45) is 6.58. The molecule has 0 aliphatic heterocycles. The van der Waals surface area contributed by atoms with Crippen LogP contribution >= 0.6 is 0 Å². The second-order valence-electron chi connectivity index (χ2n) is 5.98. The molecule has 2 N–H and O–H groups in total. The second-order valence-corrected chi connectivity index (χ2v) is 5.98. The molecule has 24 heavy (non-hydrogen) atoms. The molecule has 0 spiro atoms. The lowest BCUT2D eigenvalue weighted by molar-refractivity contribution is 0.514. The number of pyridine rings is 1. The van der Waals surface area contributed by atoms with Crippen molar-refractivity contribution in [1.82, 2.24) is 25.5 Å². The van der Waals surface area contributed by atoms with Gasteiger partial charge >= 0.3 is 0 Å². The number of rotatable bonds is 8. The lowest BCUT2D eigenvalue weighted by atomic mass is 10.1. The number of nitrogens with zero attached hydrogens (tertiary/aromatic N) is 3. The van der Waals surface area contributed by atoms with Gasteiger partial charge < -0.3 is 5.32 Å². The van der Waals surface area contributed by atoms with Crippen LogP contribution in [0.15, 0.2) is 54.9 Å². The summed E-state index contributed by atoms with van der Waals surface area (Å²) >= 11 is 0. The van der Waals surface area contributed by atoms with Gasteiger partial charge in [0.1, 0.15) is 5.82 Å². The number of benzene rings is 1. The normalized spacial score (nSPS) is 12.2. The summed E-state index contributed by atoms with van der Waals surface area (Å²) in [6, 6.07) is 14.9. The highest BCUT2D eigenvalue weighted by atomic mass is 15.2. The zero-order valence-corrected chi connectivity index (χ0v) is 13.9. The van der Waals surface area contributed by atoms with Crippen LogP contribution in [0.2, 0.25) is 0 Å². The second kappa shape index (κ2) is 8.36. The van der Waals surface area contributed by atoms with Crippen LogP contribution in [0.1, 0.15) is 24.7 Å². The van der Waals surface area contributed by atoms with E-state index in [4.69, 9.17) is 0 Å². The maximum absolute atomic E-state index is 4.52. The molecule has 124 valence electrons. The lowest BCUT2D eigenvalue weighted by Crippen LogP contribution is -2.28. The Morgan fingerprint density at radius 3 is 2.75 bits per heavy atom. The van der Waals surface area contributed by atoms with Crippen LogP contribution in [0, 0.1) is 0 Å². The third kappa shape index (κ3) is 4.73. The Balaban J connectivity index is 1.41. The van der Waals surface area contributed by atoms with Gasteiger partial charge in [0.15, 0.2) is 5.82 Å². The van der Waals surface area contributed by atoms with Crippen molar-refractivity contribution in [3.05, 3.63) is 66.2 Å². The summed E-state index contributed by atoms with van der Waals surface area (Å²) in [7, 11) is 0. The van der Waals surface area contributed by atoms with Crippen LogP contribution in [0.4, 0.5) is 0 Å². The highest BCUT2D eigenvalue weighted by molar-refractivity contribution is 5.52. The first-order valence-corrected chi connectivity index (χ1v) is 8.40. The number of aromatic amines is 1. The molecule has 5 nitrogen and oxygen atoms in total. The van der Waals surface area contributed by atoms with E-state index in [1.807, 2.05) is 12.1 Å². The number of hydrogen-bond acceptors (Lipinski definition) is 4. The van der Waals surface area contributed by atoms with Crippen LogP contribution in [0.5, 0.6) is 0 Å². The summed E-state index contributed by atoms with van der Waals surface area (Å²) < 4.78 is 0. The van der Waals surface area contributed by atoms with Crippen molar-refractivity contribution in [2.75, 3.05) is 6.54 Å².